The Kier molecular flexibility index (Phi) is 2.36. The maximum absolute atomic E-state index is 4.64. The van der Waals surface area contributed by atoms with Crippen LogP contribution in [0.3, 0.4) is 0 Å². The number of anilines is 2. The van der Waals surface area contributed by atoms with Crippen LogP contribution in [0.25, 0.3) is 11.0 Å². The quantitative estimate of drug-likeness (QED) is 0.856. The topological polar surface area (TPSA) is 69.7 Å². The monoisotopic (exact) mass is 258 g/mol. The lowest BCUT2D eigenvalue weighted by Crippen LogP contribution is -2.22. The van der Waals surface area contributed by atoms with E-state index in [1.807, 2.05) is 13.2 Å². The summed E-state index contributed by atoms with van der Waals surface area (Å²) < 4.78 is 0. The minimum atomic E-state index is 0.656. The Hall–Kier alpha value is -1.85. The zero-order chi connectivity index (χ0) is 12.8. The van der Waals surface area contributed by atoms with Crippen molar-refractivity contribution in [2.45, 2.75) is 19.3 Å². The van der Waals surface area contributed by atoms with Crippen molar-refractivity contribution >= 4 is 22.8 Å². The van der Waals surface area contributed by atoms with E-state index in [1.165, 1.54) is 19.3 Å². The standard InChI is InChI=1S/C13H18N6/c1-14-13-16-11-10(5-15-18-11)12(17-13)19-6-8-3-2-4-9(8)7-19/h5,8-9H,2-4,6-7H2,1H3,(H2,14,15,16,17,18). The molecule has 6 heteroatoms. The summed E-state index contributed by atoms with van der Waals surface area (Å²) in [5.41, 5.74) is 0.811. The Labute approximate surface area is 111 Å². The molecule has 6 nitrogen and oxygen atoms in total. The molecular formula is C13H18N6. The summed E-state index contributed by atoms with van der Waals surface area (Å²) in [5, 5.41) is 11.1. The molecule has 1 saturated heterocycles. The third-order valence-corrected chi connectivity index (χ3v) is 4.54. The van der Waals surface area contributed by atoms with Crippen LogP contribution in [0, 0.1) is 11.8 Å². The van der Waals surface area contributed by atoms with Gasteiger partial charge in [0, 0.05) is 20.1 Å². The molecule has 0 amide bonds. The Balaban J connectivity index is 1.75. The van der Waals surface area contributed by atoms with Gasteiger partial charge in [-0.05, 0) is 24.7 Å². The van der Waals surface area contributed by atoms with Gasteiger partial charge in [0.2, 0.25) is 5.95 Å². The smallest absolute Gasteiger partial charge is 0.226 e. The second-order valence-electron chi connectivity index (χ2n) is 5.61. The molecule has 2 unspecified atom stereocenters. The van der Waals surface area contributed by atoms with Crippen molar-refractivity contribution in [2.24, 2.45) is 11.8 Å². The lowest BCUT2D eigenvalue weighted by Gasteiger charge is -2.19. The van der Waals surface area contributed by atoms with Gasteiger partial charge >= 0.3 is 0 Å². The van der Waals surface area contributed by atoms with E-state index < -0.39 is 0 Å². The van der Waals surface area contributed by atoms with Crippen molar-refractivity contribution in [3.63, 3.8) is 0 Å². The molecule has 0 bridgehead atoms. The summed E-state index contributed by atoms with van der Waals surface area (Å²) in [6, 6.07) is 0. The van der Waals surface area contributed by atoms with E-state index >= 15 is 0 Å². The summed E-state index contributed by atoms with van der Waals surface area (Å²) in [7, 11) is 1.85. The first-order valence-corrected chi connectivity index (χ1v) is 6.99. The largest absolute Gasteiger partial charge is 0.357 e. The van der Waals surface area contributed by atoms with Gasteiger partial charge in [-0.3, -0.25) is 5.10 Å². The van der Waals surface area contributed by atoms with Crippen LogP contribution >= 0.6 is 0 Å². The van der Waals surface area contributed by atoms with Gasteiger partial charge in [0.1, 0.15) is 5.82 Å². The lowest BCUT2D eigenvalue weighted by atomic mass is 10.0. The summed E-state index contributed by atoms with van der Waals surface area (Å²) >= 11 is 0. The molecule has 2 aliphatic rings. The van der Waals surface area contributed by atoms with E-state index in [1.54, 1.807) is 0 Å². The number of hydrogen-bond acceptors (Lipinski definition) is 5. The summed E-state index contributed by atoms with van der Waals surface area (Å²) in [4.78, 5) is 11.4. The van der Waals surface area contributed by atoms with E-state index in [9.17, 15) is 0 Å². The van der Waals surface area contributed by atoms with E-state index in [2.05, 4.69) is 30.4 Å². The molecular weight excluding hydrogens is 240 g/mol. The zero-order valence-corrected chi connectivity index (χ0v) is 11.1. The van der Waals surface area contributed by atoms with E-state index in [0.717, 1.165) is 41.8 Å². The van der Waals surface area contributed by atoms with Gasteiger partial charge in [-0.1, -0.05) is 6.42 Å². The van der Waals surface area contributed by atoms with Crippen molar-refractivity contribution in [1.82, 2.24) is 20.2 Å². The normalized spacial score (nSPS) is 26.1. The fourth-order valence-electron chi connectivity index (χ4n) is 3.58. The van der Waals surface area contributed by atoms with E-state index in [-0.39, 0.29) is 0 Å². The van der Waals surface area contributed by atoms with Crippen molar-refractivity contribution < 1.29 is 0 Å². The van der Waals surface area contributed by atoms with Gasteiger partial charge in [0.25, 0.3) is 0 Å². The van der Waals surface area contributed by atoms with Crippen LogP contribution in [0.1, 0.15) is 19.3 Å². The van der Waals surface area contributed by atoms with Gasteiger partial charge in [-0.2, -0.15) is 15.1 Å². The maximum atomic E-state index is 4.64. The number of rotatable bonds is 2. The SMILES string of the molecule is CNc1nc(N2CC3CCCC3C2)c2cn[nH]c2n1. The second kappa shape index (κ2) is 4.08. The van der Waals surface area contributed by atoms with Crippen LogP contribution in [0.5, 0.6) is 0 Å². The molecule has 2 fully saturated rings. The Bertz CT molecular complexity index is 594. The van der Waals surface area contributed by atoms with Crippen LogP contribution in [0.15, 0.2) is 6.20 Å². The number of aromatic nitrogens is 4. The first-order chi connectivity index (χ1) is 9.35. The number of H-pyrrole nitrogens is 1. The Morgan fingerprint density at radius 3 is 2.79 bits per heavy atom. The van der Waals surface area contributed by atoms with E-state index in [4.69, 9.17) is 0 Å². The molecule has 2 atom stereocenters. The highest BCUT2D eigenvalue weighted by Gasteiger charge is 2.37. The van der Waals surface area contributed by atoms with Gasteiger partial charge in [0.05, 0.1) is 11.6 Å². The molecule has 3 heterocycles. The van der Waals surface area contributed by atoms with Crippen LogP contribution in [0.4, 0.5) is 11.8 Å². The van der Waals surface area contributed by atoms with Gasteiger partial charge in [0.15, 0.2) is 5.65 Å². The van der Waals surface area contributed by atoms with Crippen LogP contribution < -0.4 is 10.2 Å². The average Bonchev–Trinajstić information content (AvgIpc) is 3.11. The third-order valence-electron chi connectivity index (χ3n) is 4.54. The van der Waals surface area contributed by atoms with Crippen molar-refractivity contribution in [2.75, 3.05) is 30.4 Å². The van der Waals surface area contributed by atoms with Crippen molar-refractivity contribution in [3.05, 3.63) is 6.20 Å². The lowest BCUT2D eigenvalue weighted by molar-refractivity contribution is 0.494. The van der Waals surface area contributed by atoms with Gasteiger partial charge in [-0.15, -0.1) is 0 Å². The molecule has 2 aromatic heterocycles. The predicted octanol–water partition coefficient (Wildman–Crippen LogP) is 1.63. The molecule has 1 saturated carbocycles. The average molecular weight is 258 g/mol. The fourth-order valence-corrected chi connectivity index (χ4v) is 3.58. The number of fused-ring (bicyclic) bond motifs is 2. The van der Waals surface area contributed by atoms with Crippen LogP contribution in [-0.4, -0.2) is 40.3 Å². The summed E-state index contributed by atoms with van der Waals surface area (Å²) in [5.74, 6) is 3.39. The molecule has 1 aliphatic heterocycles. The molecule has 2 N–H and O–H groups in total. The van der Waals surface area contributed by atoms with Crippen molar-refractivity contribution in [3.8, 4) is 0 Å². The Morgan fingerprint density at radius 1 is 1.26 bits per heavy atom. The molecule has 2 aromatic rings. The van der Waals surface area contributed by atoms with Gasteiger partial charge in [-0.25, -0.2) is 0 Å². The Morgan fingerprint density at radius 2 is 2.05 bits per heavy atom. The first-order valence-electron chi connectivity index (χ1n) is 6.99. The first kappa shape index (κ1) is 11.0. The molecule has 0 aromatic carbocycles. The highest BCUT2D eigenvalue weighted by atomic mass is 15.3. The minimum Gasteiger partial charge on any atom is -0.357 e. The maximum Gasteiger partial charge on any atom is 0.226 e. The third kappa shape index (κ3) is 1.66. The molecule has 1 aliphatic carbocycles. The number of hydrogen-bond donors (Lipinski definition) is 2. The molecule has 4 rings (SSSR count). The van der Waals surface area contributed by atoms with Crippen LogP contribution in [0.2, 0.25) is 0 Å². The van der Waals surface area contributed by atoms with E-state index in [0.29, 0.717) is 5.95 Å². The van der Waals surface area contributed by atoms with Crippen molar-refractivity contribution in [1.29, 1.82) is 0 Å². The summed E-state index contributed by atoms with van der Waals surface area (Å²) in [6.45, 7) is 2.26. The number of nitrogens with one attached hydrogen (secondary N) is 2. The van der Waals surface area contributed by atoms with Crippen LogP contribution in [-0.2, 0) is 0 Å². The highest BCUT2D eigenvalue weighted by Crippen LogP contribution is 2.40. The van der Waals surface area contributed by atoms with Gasteiger partial charge < -0.3 is 10.2 Å². The second-order valence-corrected chi connectivity index (χ2v) is 5.61. The minimum absolute atomic E-state index is 0.656. The molecule has 0 spiro atoms. The molecule has 100 valence electrons. The predicted molar refractivity (Wildman–Crippen MR) is 74.3 cm³/mol. The number of nitrogens with zero attached hydrogens (tertiary/aromatic N) is 4. The highest BCUT2D eigenvalue weighted by molar-refractivity contribution is 5.87. The number of aromatic amines is 1. The molecule has 19 heavy (non-hydrogen) atoms. The molecule has 0 radical (unpaired) electrons. The summed E-state index contributed by atoms with van der Waals surface area (Å²) in [6.07, 6.45) is 5.98. The fraction of sp³-hybridized carbons (Fsp3) is 0.615. The zero-order valence-electron chi connectivity index (χ0n) is 11.1.